The largest absolute Gasteiger partial charge is 0.460 e. The smallest absolute Gasteiger partial charge is 0.308 e. The van der Waals surface area contributed by atoms with E-state index >= 15 is 0 Å². The fraction of sp³-hybridized carbons (Fsp3) is 0.500. The second-order valence-electron chi connectivity index (χ2n) is 7.29. The molecule has 2 aliphatic rings. The van der Waals surface area contributed by atoms with Crippen LogP contribution in [0.25, 0.3) is 0 Å². The highest BCUT2D eigenvalue weighted by Crippen LogP contribution is 2.35. The number of hydrogen-bond donors (Lipinski definition) is 3. The average molecular weight is 403 g/mol. The number of likely N-dealkylation sites (N-methyl/N-ethyl adjacent to an activating group) is 1. The minimum absolute atomic E-state index is 0.0614. The van der Waals surface area contributed by atoms with E-state index in [4.69, 9.17) is 4.74 Å². The van der Waals surface area contributed by atoms with Crippen molar-refractivity contribution in [3.8, 4) is 0 Å². The number of benzene rings is 1. The van der Waals surface area contributed by atoms with E-state index in [0.29, 0.717) is 11.3 Å². The molecule has 4 atom stereocenters. The topological polar surface area (TPSA) is 125 Å². The van der Waals surface area contributed by atoms with Crippen LogP contribution in [0.5, 0.6) is 0 Å². The number of anilines is 1. The molecule has 1 fully saturated rings. The molecule has 3 N–H and O–H groups in total. The van der Waals surface area contributed by atoms with Gasteiger partial charge in [0.25, 0.3) is 5.91 Å². The van der Waals surface area contributed by atoms with Crippen molar-refractivity contribution >= 4 is 29.3 Å². The van der Waals surface area contributed by atoms with E-state index in [9.17, 15) is 24.3 Å². The Morgan fingerprint density at radius 1 is 1.28 bits per heavy atom. The standard InChI is InChI=1S/C20H25N3O6/c1-11-14(8-19(27)29-11)22-17(25)7-13-12-5-3-4-6-16(12)23(18(26)10-24)9-15(21-2)20(13)28/h3-6,11,13-15,21,24H,7-10H2,1-2H3,(H,22,25)/t11?,13?,14-,15-/m0/s1. The Bertz CT molecular complexity index is 826. The predicted molar refractivity (Wildman–Crippen MR) is 103 cm³/mol. The molecule has 2 heterocycles. The van der Waals surface area contributed by atoms with Gasteiger partial charge in [-0.2, -0.15) is 0 Å². The molecular weight excluding hydrogens is 378 g/mol. The number of esters is 1. The lowest BCUT2D eigenvalue weighted by Crippen LogP contribution is -2.47. The lowest BCUT2D eigenvalue weighted by Gasteiger charge is -2.24. The highest BCUT2D eigenvalue weighted by atomic mass is 16.6. The molecule has 9 nitrogen and oxygen atoms in total. The molecule has 3 rings (SSSR count). The summed E-state index contributed by atoms with van der Waals surface area (Å²) < 4.78 is 5.05. The molecule has 0 aromatic heterocycles. The van der Waals surface area contributed by atoms with Gasteiger partial charge in [0, 0.05) is 18.7 Å². The molecule has 1 aromatic rings. The molecular formula is C20H25N3O6. The van der Waals surface area contributed by atoms with Crippen molar-refractivity contribution in [1.29, 1.82) is 0 Å². The van der Waals surface area contributed by atoms with Crippen LogP contribution in [0.1, 0.15) is 31.2 Å². The molecule has 2 amide bonds. The van der Waals surface area contributed by atoms with E-state index in [-0.39, 0.29) is 37.0 Å². The SMILES string of the molecule is CN[C@H]1CN(C(=O)CO)c2ccccc2C(CC(=O)N[C@H]2CC(=O)OC2C)C1=O. The predicted octanol–water partition coefficient (Wildman–Crippen LogP) is -0.523. The van der Waals surface area contributed by atoms with Crippen LogP contribution in [-0.4, -0.2) is 67.1 Å². The van der Waals surface area contributed by atoms with Crippen LogP contribution in [0.15, 0.2) is 24.3 Å². The van der Waals surface area contributed by atoms with Crippen LogP contribution in [0.2, 0.25) is 0 Å². The molecule has 2 aliphatic heterocycles. The quantitative estimate of drug-likeness (QED) is 0.565. The summed E-state index contributed by atoms with van der Waals surface area (Å²) in [7, 11) is 1.61. The Labute approximate surface area is 168 Å². The number of ketones is 1. The summed E-state index contributed by atoms with van der Waals surface area (Å²) in [5, 5.41) is 15.0. The number of hydrogen-bond acceptors (Lipinski definition) is 7. The van der Waals surface area contributed by atoms with Gasteiger partial charge in [0.2, 0.25) is 5.91 Å². The third-order valence-electron chi connectivity index (χ3n) is 5.45. The second-order valence-corrected chi connectivity index (χ2v) is 7.29. The van der Waals surface area contributed by atoms with E-state index in [1.54, 1.807) is 38.2 Å². The van der Waals surface area contributed by atoms with Crippen LogP contribution < -0.4 is 15.5 Å². The Hall–Kier alpha value is -2.78. The molecule has 0 aliphatic carbocycles. The normalized spacial score (nSPS) is 26.5. The van der Waals surface area contributed by atoms with E-state index in [1.165, 1.54) is 4.90 Å². The van der Waals surface area contributed by atoms with Crippen molar-refractivity contribution in [2.24, 2.45) is 0 Å². The van der Waals surface area contributed by atoms with Crippen molar-refractivity contribution in [3.05, 3.63) is 29.8 Å². The summed E-state index contributed by atoms with van der Waals surface area (Å²) in [6, 6.07) is 5.77. The van der Waals surface area contributed by atoms with E-state index < -0.39 is 36.6 Å². The Kier molecular flexibility index (Phi) is 6.29. The van der Waals surface area contributed by atoms with Crippen molar-refractivity contribution < 1.29 is 29.0 Å². The zero-order valence-electron chi connectivity index (χ0n) is 16.4. The maximum atomic E-state index is 13.2. The van der Waals surface area contributed by atoms with E-state index in [0.717, 1.165) is 0 Å². The zero-order valence-corrected chi connectivity index (χ0v) is 16.4. The third kappa shape index (κ3) is 4.30. The molecule has 1 aromatic carbocycles. The first-order valence-electron chi connectivity index (χ1n) is 9.55. The van der Waals surface area contributed by atoms with Gasteiger partial charge < -0.3 is 25.4 Å². The van der Waals surface area contributed by atoms with Gasteiger partial charge in [-0.15, -0.1) is 0 Å². The summed E-state index contributed by atoms with van der Waals surface area (Å²) in [6.45, 7) is 1.08. The molecule has 0 spiro atoms. The molecule has 2 unspecified atom stereocenters. The van der Waals surface area contributed by atoms with Gasteiger partial charge in [-0.1, -0.05) is 18.2 Å². The van der Waals surface area contributed by atoms with Crippen LogP contribution in [0.3, 0.4) is 0 Å². The van der Waals surface area contributed by atoms with Gasteiger partial charge in [-0.3, -0.25) is 19.2 Å². The highest BCUT2D eigenvalue weighted by Gasteiger charge is 2.39. The fourth-order valence-corrected chi connectivity index (χ4v) is 3.86. The highest BCUT2D eigenvalue weighted by molar-refractivity contribution is 6.02. The number of aliphatic hydroxyl groups excluding tert-OH is 1. The van der Waals surface area contributed by atoms with Gasteiger partial charge in [0.05, 0.1) is 24.4 Å². The number of nitrogens with one attached hydrogen (secondary N) is 2. The maximum Gasteiger partial charge on any atom is 0.308 e. The molecule has 0 radical (unpaired) electrons. The number of aliphatic hydroxyl groups is 1. The first-order valence-corrected chi connectivity index (χ1v) is 9.55. The summed E-state index contributed by atoms with van der Waals surface area (Å²) in [6.07, 6.45) is -0.446. The lowest BCUT2D eigenvalue weighted by atomic mass is 9.88. The first kappa shape index (κ1) is 20.9. The minimum atomic E-state index is -0.770. The van der Waals surface area contributed by atoms with Crippen molar-refractivity contribution in [3.63, 3.8) is 0 Å². The molecule has 9 heteroatoms. The number of nitrogens with zero attached hydrogens (tertiary/aromatic N) is 1. The van der Waals surface area contributed by atoms with Gasteiger partial charge in [-0.05, 0) is 25.6 Å². The summed E-state index contributed by atoms with van der Waals surface area (Å²) in [5.41, 5.74) is 1.06. The molecule has 29 heavy (non-hydrogen) atoms. The number of para-hydroxylation sites is 1. The van der Waals surface area contributed by atoms with Gasteiger partial charge in [0.15, 0.2) is 5.78 Å². The van der Waals surface area contributed by atoms with E-state index in [2.05, 4.69) is 10.6 Å². The number of carbonyl (C=O) groups excluding carboxylic acids is 4. The van der Waals surface area contributed by atoms with Crippen LogP contribution >= 0.6 is 0 Å². The summed E-state index contributed by atoms with van der Waals surface area (Å²) in [5.74, 6) is -2.24. The monoisotopic (exact) mass is 403 g/mol. The number of rotatable bonds is 5. The van der Waals surface area contributed by atoms with E-state index in [1.807, 2.05) is 0 Å². The van der Waals surface area contributed by atoms with Gasteiger partial charge in [-0.25, -0.2) is 0 Å². The number of fused-ring (bicyclic) bond motifs is 1. The summed E-state index contributed by atoms with van der Waals surface area (Å²) in [4.78, 5) is 50.9. The Morgan fingerprint density at radius 2 is 2.00 bits per heavy atom. The van der Waals surface area contributed by atoms with Gasteiger partial charge >= 0.3 is 5.97 Å². The van der Waals surface area contributed by atoms with Crippen molar-refractivity contribution in [2.45, 2.75) is 43.9 Å². The molecule has 1 saturated heterocycles. The number of carbonyl (C=O) groups is 4. The lowest BCUT2D eigenvalue weighted by molar-refractivity contribution is -0.141. The second kappa shape index (κ2) is 8.71. The molecule has 0 saturated carbocycles. The van der Waals surface area contributed by atoms with Crippen LogP contribution in [-0.2, 0) is 23.9 Å². The molecule has 156 valence electrons. The number of cyclic esters (lactones) is 1. The van der Waals surface area contributed by atoms with Crippen LogP contribution in [0, 0.1) is 0 Å². The number of amides is 2. The third-order valence-corrected chi connectivity index (χ3v) is 5.45. The maximum absolute atomic E-state index is 13.2. The fourth-order valence-electron chi connectivity index (χ4n) is 3.86. The first-order chi connectivity index (χ1) is 13.8. The number of Topliss-reactive ketones (excluding diaryl/α,β-unsaturated/α-hetero) is 1. The minimum Gasteiger partial charge on any atom is -0.460 e. The Morgan fingerprint density at radius 3 is 2.62 bits per heavy atom. The Balaban J connectivity index is 1.88. The van der Waals surface area contributed by atoms with Gasteiger partial charge in [0.1, 0.15) is 12.7 Å². The van der Waals surface area contributed by atoms with Crippen molar-refractivity contribution in [1.82, 2.24) is 10.6 Å². The van der Waals surface area contributed by atoms with Crippen LogP contribution in [0.4, 0.5) is 5.69 Å². The molecule has 0 bridgehead atoms. The zero-order chi connectivity index (χ0) is 21.1. The van der Waals surface area contributed by atoms with Crippen molar-refractivity contribution in [2.75, 3.05) is 25.1 Å². The summed E-state index contributed by atoms with van der Waals surface area (Å²) >= 11 is 0. The average Bonchev–Trinajstić information content (AvgIpc) is 2.96. The number of ether oxygens (including phenoxy) is 1.